The summed E-state index contributed by atoms with van der Waals surface area (Å²) in [6, 6.07) is 14.6. The van der Waals surface area contributed by atoms with Crippen molar-refractivity contribution < 1.29 is 59.1 Å². The third-order valence-corrected chi connectivity index (χ3v) is 10.1. The molecule has 3 aromatic carbocycles. The number of aliphatic hydroxyl groups is 2. The van der Waals surface area contributed by atoms with Crippen molar-refractivity contribution in [2.24, 2.45) is 17.6 Å². The maximum atomic E-state index is 13.6. The van der Waals surface area contributed by atoms with E-state index in [-0.39, 0.29) is 43.2 Å². The van der Waals surface area contributed by atoms with Crippen LogP contribution >= 0.6 is 0 Å². The van der Waals surface area contributed by atoms with Crippen molar-refractivity contribution in [2.75, 3.05) is 19.7 Å². The number of hydrogen-bond donors (Lipinski definition) is 12. The zero-order chi connectivity index (χ0) is 47.3. The maximum absolute atomic E-state index is 13.6. The number of aromatic hydroxyl groups is 2. The van der Waals surface area contributed by atoms with Crippen molar-refractivity contribution in [3.05, 3.63) is 102 Å². The Labute approximate surface area is 370 Å². The number of nitrogens with two attached hydrogens (primary N) is 1. The number of allylic oxidation sites excluding steroid dienone is 1. The minimum absolute atomic E-state index is 0.00678. The number of carbonyl (C=O) groups excluding carboxylic acids is 6. The molecular formula is C45H59N7O12. The molecule has 346 valence electrons. The van der Waals surface area contributed by atoms with Crippen molar-refractivity contribution in [1.29, 1.82) is 0 Å². The van der Waals surface area contributed by atoms with Crippen LogP contribution in [0.1, 0.15) is 50.3 Å². The Bertz CT molecular complexity index is 2050. The van der Waals surface area contributed by atoms with Crippen LogP contribution in [0.15, 0.2) is 84.9 Å². The number of nitrogens with one attached hydrogen (secondary N) is 6. The average molecular weight is 890 g/mol. The number of carbonyl (C=O) groups is 7. The lowest BCUT2D eigenvalue weighted by molar-refractivity contribution is -0.142. The first-order valence-corrected chi connectivity index (χ1v) is 20.7. The van der Waals surface area contributed by atoms with Gasteiger partial charge in [0.25, 0.3) is 0 Å². The Hall–Kier alpha value is -6.83. The Morgan fingerprint density at radius 3 is 1.77 bits per heavy atom. The van der Waals surface area contributed by atoms with Crippen molar-refractivity contribution in [1.82, 2.24) is 31.9 Å². The molecular weight excluding hydrogens is 831 g/mol. The largest absolute Gasteiger partial charge is 0.508 e. The number of amides is 6. The van der Waals surface area contributed by atoms with Gasteiger partial charge in [0.05, 0.1) is 25.2 Å². The molecule has 13 N–H and O–H groups in total. The van der Waals surface area contributed by atoms with Crippen LogP contribution in [0.25, 0.3) is 6.08 Å². The molecule has 0 bridgehead atoms. The second-order valence-electron chi connectivity index (χ2n) is 15.5. The van der Waals surface area contributed by atoms with Crippen LogP contribution in [0.3, 0.4) is 0 Å². The van der Waals surface area contributed by atoms with Gasteiger partial charge in [-0.15, -0.1) is 0 Å². The lowest BCUT2D eigenvalue weighted by Crippen LogP contribution is -2.60. The normalized spacial score (nSPS) is 14.9. The standard InChI is InChI=1S/C45H59N7O12/c1-26(8-7-11-29-9-5-4-6-10-29)34(46)22-38(57)49-37(25-53)43(61)52-40(28(3)54)44(62)50-35(20-30-12-16-32(55)17-13-30)42(60)48-24-39(58)47-23-27(2)41(59)51-36(45(63)64)21-31-14-18-33(56)19-15-31/h4-7,9-19,26-28,34-37,40,53-56H,8,20-25,46H2,1-3H3,(H,47,58)(H,48,60)(H,49,57)(H,50,62)(H,51,59)(H,52,61)(H,63,64)/t26?,27?,28?,34?,35-,36-,37-,40+/m1/s1. The third kappa shape index (κ3) is 17.9. The number of carboxylic acids is 1. The number of carboxylic acid groups (broad SMARTS) is 1. The summed E-state index contributed by atoms with van der Waals surface area (Å²) in [5.74, 6) is -7.33. The van der Waals surface area contributed by atoms with Crippen LogP contribution in [0.2, 0.25) is 0 Å². The smallest absolute Gasteiger partial charge is 0.326 e. The molecule has 0 saturated heterocycles. The number of benzene rings is 3. The van der Waals surface area contributed by atoms with E-state index in [0.29, 0.717) is 17.5 Å². The molecule has 19 nitrogen and oxygen atoms in total. The van der Waals surface area contributed by atoms with Crippen molar-refractivity contribution in [3.8, 4) is 11.5 Å². The summed E-state index contributed by atoms with van der Waals surface area (Å²) in [5.41, 5.74) is 8.28. The van der Waals surface area contributed by atoms with Crippen LogP contribution in [0, 0.1) is 11.8 Å². The molecule has 0 heterocycles. The summed E-state index contributed by atoms with van der Waals surface area (Å²) in [6.45, 7) is 2.81. The van der Waals surface area contributed by atoms with Gasteiger partial charge in [-0.2, -0.15) is 0 Å². The summed E-state index contributed by atoms with van der Waals surface area (Å²) in [7, 11) is 0. The predicted octanol–water partition coefficient (Wildman–Crippen LogP) is -0.395. The number of phenols is 2. The lowest BCUT2D eigenvalue weighted by atomic mass is 9.95. The van der Waals surface area contributed by atoms with Gasteiger partial charge in [0, 0.05) is 31.8 Å². The van der Waals surface area contributed by atoms with E-state index in [9.17, 15) is 59.1 Å². The Balaban J connectivity index is 1.58. The lowest BCUT2D eigenvalue weighted by Gasteiger charge is -2.26. The zero-order valence-corrected chi connectivity index (χ0v) is 35.9. The van der Waals surface area contributed by atoms with Gasteiger partial charge in [0.1, 0.15) is 35.7 Å². The van der Waals surface area contributed by atoms with Crippen LogP contribution in [0.4, 0.5) is 0 Å². The fourth-order valence-electron chi connectivity index (χ4n) is 6.11. The highest BCUT2D eigenvalue weighted by Gasteiger charge is 2.33. The van der Waals surface area contributed by atoms with E-state index in [1.54, 1.807) is 0 Å². The van der Waals surface area contributed by atoms with E-state index >= 15 is 0 Å². The highest BCUT2D eigenvalue weighted by atomic mass is 16.4. The monoisotopic (exact) mass is 889 g/mol. The molecule has 64 heavy (non-hydrogen) atoms. The highest BCUT2D eigenvalue weighted by molar-refractivity contribution is 5.95. The summed E-state index contributed by atoms with van der Waals surface area (Å²) in [5, 5.41) is 63.8. The van der Waals surface area contributed by atoms with E-state index < -0.39 is 96.8 Å². The molecule has 3 rings (SSSR count). The van der Waals surface area contributed by atoms with Crippen LogP contribution in [0.5, 0.6) is 11.5 Å². The van der Waals surface area contributed by atoms with Gasteiger partial charge in [-0.05, 0) is 60.2 Å². The first kappa shape index (κ1) is 51.5. The zero-order valence-electron chi connectivity index (χ0n) is 35.9. The van der Waals surface area contributed by atoms with E-state index in [2.05, 4.69) is 31.9 Å². The van der Waals surface area contributed by atoms with Gasteiger partial charge in [-0.3, -0.25) is 28.8 Å². The van der Waals surface area contributed by atoms with Crippen molar-refractivity contribution in [3.63, 3.8) is 0 Å². The first-order chi connectivity index (χ1) is 30.4. The molecule has 0 aliphatic carbocycles. The van der Waals surface area contributed by atoms with Gasteiger partial charge < -0.3 is 63.2 Å². The number of phenolic OH excluding ortho intramolecular Hbond substituents is 2. The molecule has 4 unspecified atom stereocenters. The molecule has 0 aliphatic heterocycles. The molecule has 3 aromatic rings. The number of rotatable bonds is 25. The first-order valence-electron chi connectivity index (χ1n) is 20.7. The second-order valence-corrected chi connectivity index (χ2v) is 15.5. The summed E-state index contributed by atoms with van der Waals surface area (Å²) >= 11 is 0. The van der Waals surface area contributed by atoms with Crippen molar-refractivity contribution in [2.45, 2.75) is 82.8 Å². The third-order valence-electron chi connectivity index (χ3n) is 10.1. The molecule has 6 amide bonds. The van der Waals surface area contributed by atoms with Gasteiger partial charge in [0.2, 0.25) is 35.4 Å². The minimum atomic E-state index is -1.69. The number of aliphatic carboxylic acids is 1. The average Bonchev–Trinajstić information content (AvgIpc) is 3.26. The molecule has 8 atom stereocenters. The highest BCUT2D eigenvalue weighted by Crippen LogP contribution is 2.15. The topological polar surface area (TPSA) is 319 Å². The molecule has 0 saturated carbocycles. The SMILES string of the molecule is CC(CNC(=O)CNC(=O)[C@@H](Cc1ccc(O)cc1)NC(=O)[C@@H](NC(=O)[C@@H](CO)NC(=O)CC(N)C(C)CC=Cc1ccccc1)C(C)O)C(=O)N[C@H](Cc1ccc(O)cc1)C(=O)O. The Morgan fingerprint density at radius 1 is 0.656 bits per heavy atom. The van der Waals surface area contributed by atoms with Gasteiger partial charge in [-0.25, -0.2) is 4.79 Å². The fourth-order valence-corrected chi connectivity index (χ4v) is 6.11. The Morgan fingerprint density at radius 2 is 1.22 bits per heavy atom. The number of hydrogen-bond acceptors (Lipinski definition) is 12. The molecule has 0 aliphatic rings. The van der Waals surface area contributed by atoms with E-state index in [1.807, 2.05) is 49.4 Å². The second kappa shape index (κ2) is 25.9. The van der Waals surface area contributed by atoms with Crippen LogP contribution < -0.4 is 37.6 Å². The summed E-state index contributed by atoms with van der Waals surface area (Å²) < 4.78 is 0. The van der Waals surface area contributed by atoms with Gasteiger partial charge in [-0.1, -0.05) is 80.6 Å². The number of aliphatic hydroxyl groups excluding tert-OH is 2. The van der Waals surface area contributed by atoms with Crippen LogP contribution in [-0.2, 0) is 46.4 Å². The van der Waals surface area contributed by atoms with E-state index in [0.717, 1.165) is 5.56 Å². The molecule has 0 radical (unpaired) electrons. The molecule has 0 aromatic heterocycles. The summed E-state index contributed by atoms with van der Waals surface area (Å²) in [6.07, 6.45) is 2.48. The van der Waals surface area contributed by atoms with Gasteiger partial charge in [0.15, 0.2) is 0 Å². The Kier molecular flexibility index (Phi) is 20.9. The van der Waals surface area contributed by atoms with Gasteiger partial charge >= 0.3 is 5.97 Å². The quantitative estimate of drug-likeness (QED) is 0.0517. The molecule has 0 spiro atoms. The van der Waals surface area contributed by atoms with E-state index in [4.69, 9.17) is 5.73 Å². The van der Waals surface area contributed by atoms with Crippen LogP contribution in [-0.4, -0.2) is 123 Å². The van der Waals surface area contributed by atoms with E-state index in [1.165, 1.54) is 62.4 Å². The fraction of sp³-hybridized carbons (Fsp3) is 0.400. The van der Waals surface area contributed by atoms with Crippen molar-refractivity contribution >= 4 is 47.5 Å². The molecule has 0 fully saturated rings. The predicted molar refractivity (Wildman–Crippen MR) is 235 cm³/mol. The minimum Gasteiger partial charge on any atom is -0.508 e. The molecule has 19 heteroatoms. The summed E-state index contributed by atoms with van der Waals surface area (Å²) in [4.78, 5) is 90.5. The maximum Gasteiger partial charge on any atom is 0.326 e.